The highest BCUT2D eigenvalue weighted by atomic mass is 32.2. The zero-order valence-electron chi connectivity index (χ0n) is 11.5. The molecule has 0 aliphatic carbocycles. The molecule has 1 aromatic carbocycles. The second-order valence-corrected chi connectivity index (χ2v) is 6.68. The molecule has 0 aliphatic heterocycles. The standard InChI is InChI=1S/C14H16N2O3S/c1-10-6-11(2)8-12(7-10)16(3)20(18,19)13-4-5-14(17)15-9-13/h4-9H,1-3H3,(H,15,17). The molecule has 1 aromatic heterocycles. The van der Waals surface area contributed by atoms with E-state index in [0.29, 0.717) is 5.69 Å². The SMILES string of the molecule is Cc1cc(C)cc(N(C)S(=O)(=O)c2ccc(=O)[nH]c2)c1. The summed E-state index contributed by atoms with van der Waals surface area (Å²) >= 11 is 0. The van der Waals surface area contributed by atoms with Crippen molar-refractivity contribution in [3.63, 3.8) is 0 Å². The number of aryl methyl sites for hydroxylation is 2. The zero-order chi connectivity index (χ0) is 14.9. The van der Waals surface area contributed by atoms with Gasteiger partial charge in [0.1, 0.15) is 4.90 Å². The van der Waals surface area contributed by atoms with Crippen LogP contribution in [0, 0.1) is 13.8 Å². The molecule has 0 bridgehead atoms. The smallest absolute Gasteiger partial charge is 0.265 e. The first-order chi connectivity index (χ1) is 9.30. The molecule has 106 valence electrons. The molecule has 0 unspecified atom stereocenters. The molecule has 0 saturated carbocycles. The number of sulfonamides is 1. The van der Waals surface area contributed by atoms with Gasteiger partial charge in [0, 0.05) is 19.3 Å². The highest BCUT2D eigenvalue weighted by Crippen LogP contribution is 2.23. The Balaban J connectivity index is 2.48. The maximum absolute atomic E-state index is 12.5. The van der Waals surface area contributed by atoms with Crippen LogP contribution in [0.4, 0.5) is 5.69 Å². The van der Waals surface area contributed by atoms with E-state index in [1.807, 2.05) is 19.9 Å². The second kappa shape index (κ2) is 5.13. The summed E-state index contributed by atoms with van der Waals surface area (Å²) in [5, 5.41) is 0. The molecule has 0 amide bonds. The molecule has 20 heavy (non-hydrogen) atoms. The number of nitrogens with zero attached hydrogens (tertiary/aromatic N) is 1. The number of hydrogen-bond donors (Lipinski definition) is 1. The first-order valence-corrected chi connectivity index (χ1v) is 7.51. The topological polar surface area (TPSA) is 70.2 Å². The number of H-pyrrole nitrogens is 1. The van der Waals surface area contributed by atoms with Crippen LogP contribution < -0.4 is 9.86 Å². The van der Waals surface area contributed by atoms with Crippen molar-refractivity contribution >= 4 is 15.7 Å². The minimum atomic E-state index is -3.68. The number of hydrogen-bond acceptors (Lipinski definition) is 3. The molecule has 0 atom stereocenters. The monoisotopic (exact) mass is 292 g/mol. The Bertz CT molecular complexity index is 754. The third-order valence-corrected chi connectivity index (χ3v) is 4.77. The Morgan fingerprint density at radius 1 is 1.05 bits per heavy atom. The Hall–Kier alpha value is -2.08. The van der Waals surface area contributed by atoms with Crippen molar-refractivity contribution in [2.75, 3.05) is 11.4 Å². The number of pyridine rings is 1. The summed E-state index contributed by atoms with van der Waals surface area (Å²) in [4.78, 5) is 13.4. The number of anilines is 1. The van der Waals surface area contributed by atoms with Crippen molar-refractivity contribution in [1.29, 1.82) is 0 Å². The van der Waals surface area contributed by atoms with Gasteiger partial charge in [-0.3, -0.25) is 9.10 Å². The van der Waals surface area contributed by atoms with Crippen LogP contribution in [0.3, 0.4) is 0 Å². The van der Waals surface area contributed by atoms with Gasteiger partial charge >= 0.3 is 0 Å². The summed E-state index contributed by atoms with van der Waals surface area (Å²) in [7, 11) is -2.18. The average Bonchev–Trinajstić information content (AvgIpc) is 2.37. The minimum Gasteiger partial charge on any atom is -0.328 e. The molecule has 5 nitrogen and oxygen atoms in total. The van der Waals surface area contributed by atoms with Crippen molar-refractivity contribution in [2.24, 2.45) is 0 Å². The molecule has 1 heterocycles. The molecule has 2 rings (SSSR count). The van der Waals surface area contributed by atoms with Crippen molar-refractivity contribution in [1.82, 2.24) is 4.98 Å². The normalized spacial score (nSPS) is 11.3. The Morgan fingerprint density at radius 2 is 1.65 bits per heavy atom. The van der Waals surface area contributed by atoms with Crippen LogP contribution >= 0.6 is 0 Å². The molecule has 6 heteroatoms. The van der Waals surface area contributed by atoms with Crippen LogP contribution in [0.15, 0.2) is 46.2 Å². The van der Waals surface area contributed by atoms with E-state index >= 15 is 0 Å². The molecule has 1 N–H and O–H groups in total. The van der Waals surface area contributed by atoms with Crippen LogP contribution in [0.25, 0.3) is 0 Å². The molecule has 2 aromatic rings. The van der Waals surface area contributed by atoms with Gasteiger partial charge in [0.05, 0.1) is 5.69 Å². The van der Waals surface area contributed by atoms with Gasteiger partial charge < -0.3 is 4.98 Å². The van der Waals surface area contributed by atoms with Crippen LogP contribution in [0.1, 0.15) is 11.1 Å². The Morgan fingerprint density at radius 3 is 2.15 bits per heavy atom. The first-order valence-electron chi connectivity index (χ1n) is 6.07. The molecule has 0 radical (unpaired) electrons. The fourth-order valence-corrected chi connectivity index (χ4v) is 3.13. The summed E-state index contributed by atoms with van der Waals surface area (Å²) in [6.07, 6.45) is 1.21. The van der Waals surface area contributed by atoms with Gasteiger partial charge in [-0.25, -0.2) is 8.42 Å². The number of aromatic nitrogens is 1. The molecule has 0 spiro atoms. The van der Waals surface area contributed by atoms with E-state index in [1.54, 1.807) is 12.1 Å². The van der Waals surface area contributed by atoms with Gasteiger partial charge in [0.15, 0.2) is 0 Å². The van der Waals surface area contributed by atoms with E-state index in [9.17, 15) is 13.2 Å². The van der Waals surface area contributed by atoms with E-state index < -0.39 is 10.0 Å². The van der Waals surface area contributed by atoms with E-state index in [1.165, 1.54) is 29.7 Å². The van der Waals surface area contributed by atoms with Crippen LogP contribution in [-0.4, -0.2) is 20.4 Å². The fourth-order valence-electron chi connectivity index (χ4n) is 1.99. The third-order valence-electron chi connectivity index (χ3n) is 2.98. The van der Waals surface area contributed by atoms with Crippen molar-refractivity contribution in [3.8, 4) is 0 Å². The molecule has 0 saturated heterocycles. The summed E-state index contributed by atoms with van der Waals surface area (Å²) < 4.78 is 26.1. The average molecular weight is 292 g/mol. The van der Waals surface area contributed by atoms with Gasteiger partial charge in [0.2, 0.25) is 5.56 Å². The van der Waals surface area contributed by atoms with Crippen LogP contribution in [0.2, 0.25) is 0 Å². The van der Waals surface area contributed by atoms with Crippen molar-refractivity contribution < 1.29 is 8.42 Å². The summed E-state index contributed by atoms with van der Waals surface area (Å²) in [5.74, 6) is 0. The quantitative estimate of drug-likeness (QED) is 0.938. The van der Waals surface area contributed by atoms with Gasteiger partial charge in [-0.1, -0.05) is 6.07 Å². The lowest BCUT2D eigenvalue weighted by molar-refractivity contribution is 0.594. The highest BCUT2D eigenvalue weighted by Gasteiger charge is 2.21. The second-order valence-electron chi connectivity index (χ2n) is 4.71. The fraction of sp³-hybridized carbons (Fsp3) is 0.214. The maximum Gasteiger partial charge on any atom is 0.265 e. The van der Waals surface area contributed by atoms with Gasteiger partial charge in [-0.2, -0.15) is 0 Å². The largest absolute Gasteiger partial charge is 0.328 e. The van der Waals surface area contributed by atoms with Gasteiger partial charge in [0.25, 0.3) is 10.0 Å². The van der Waals surface area contributed by atoms with Gasteiger partial charge in [-0.05, 0) is 43.2 Å². The van der Waals surface area contributed by atoms with Gasteiger partial charge in [-0.15, -0.1) is 0 Å². The summed E-state index contributed by atoms with van der Waals surface area (Å²) in [6, 6.07) is 8.08. The molecule has 0 fully saturated rings. The van der Waals surface area contributed by atoms with E-state index in [0.717, 1.165) is 11.1 Å². The first kappa shape index (κ1) is 14.3. The highest BCUT2D eigenvalue weighted by molar-refractivity contribution is 7.92. The predicted molar refractivity (Wildman–Crippen MR) is 78.6 cm³/mol. The van der Waals surface area contributed by atoms with Crippen LogP contribution in [-0.2, 0) is 10.0 Å². The zero-order valence-corrected chi connectivity index (χ0v) is 12.4. The van der Waals surface area contributed by atoms with Crippen molar-refractivity contribution in [3.05, 3.63) is 58.0 Å². The number of aromatic amines is 1. The molecule has 0 aliphatic rings. The van der Waals surface area contributed by atoms with E-state index in [-0.39, 0.29) is 10.5 Å². The third kappa shape index (κ3) is 2.75. The van der Waals surface area contributed by atoms with Crippen molar-refractivity contribution in [2.45, 2.75) is 18.7 Å². The van der Waals surface area contributed by atoms with E-state index in [4.69, 9.17) is 0 Å². The lowest BCUT2D eigenvalue weighted by atomic mass is 10.1. The summed E-state index contributed by atoms with van der Waals surface area (Å²) in [6.45, 7) is 3.83. The molecular weight excluding hydrogens is 276 g/mol. The number of rotatable bonds is 3. The lowest BCUT2D eigenvalue weighted by Crippen LogP contribution is -2.27. The lowest BCUT2D eigenvalue weighted by Gasteiger charge is -2.20. The number of benzene rings is 1. The Kier molecular flexibility index (Phi) is 3.67. The Labute approximate surface area is 117 Å². The minimum absolute atomic E-state index is 0.0544. The number of nitrogens with one attached hydrogen (secondary N) is 1. The van der Waals surface area contributed by atoms with E-state index in [2.05, 4.69) is 4.98 Å². The molecular formula is C14H16N2O3S. The summed E-state index contributed by atoms with van der Waals surface area (Å²) in [5.41, 5.74) is 2.23. The maximum atomic E-state index is 12.5. The van der Waals surface area contributed by atoms with Crippen LogP contribution in [0.5, 0.6) is 0 Å². The predicted octanol–water partition coefficient (Wildman–Crippen LogP) is 1.82.